The highest BCUT2D eigenvalue weighted by Crippen LogP contribution is 2.47. The second-order valence-electron chi connectivity index (χ2n) is 6.59. The maximum absolute atomic E-state index is 12.7. The molecule has 1 heterocycles. The van der Waals surface area contributed by atoms with Crippen LogP contribution in [-0.2, 0) is 14.4 Å². The van der Waals surface area contributed by atoms with Crippen molar-refractivity contribution < 1.29 is 19.5 Å². The first-order chi connectivity index (χ1) is 9.53. The SMILES string of the molecule is O=C(O)C1CCC(N2C(=O)CC3(CCCCC3)C2=O)C1. The van der Waals surface area contributed by atoms with E-state index in [2.05, 4.69) is 0 Å². The zero-order valence-electron chi connectivity index (χ0n) is 11.6. The van der Waals surface area contributed by atoms with Crippen LogP contribution in [0.3, 0.4) is 0 Å². The van der Waals surface area contributed by atoms with Gasteiger partial charge in [0.2, 0.25) is 11.8 Å². The van der Waals surface area contributed by atoms with Crippen LogP contribution in [0.15, 0.2) is 0 Å². The second kappa shape index (κ2) is 4.86. The predicted molar refractivity (Wildman–Crippen MR) is 70.8 cm³/mol. The van der Waals surface area contributed by atoms with Gasteiger partial charge in [0.05, 0.1) is 11.3 Å². The van der Waals surface area contributed by atoms with E-state index in [-0.39, 0.29) is 17.9 Å². The van der Waals surface area contributed by atoms with Gasteiger partial charge in [0, 0.05) is 12.5 Å². The molecule has 0 radical (unpaired) electrons. The molecule has 1 aliphatic heterocycles. The van der Waals surface area contributed by atoms with Crippen molar-refractivity contribution >= 4 is 17.8 Å². The Labute approximate surface area is 118 Å². The molecule has 1 saturated heterocycles. The van der Waals surface area contributed by atoms with Gasteiger partial charge >= 0.3 is 5.97 Å². The first-order valence-corrected chi connectivity index (χ1v) is 7.63. The molecule has 5 heteroatoms. The number of hydrogen-bond donors (Lipinski definition) is 1. The summed E-state index contributed by atoms with van der Waals surface area (Å²) < 4.78 is 0. The van der Waals surface area contributed by atoms with Gasteiger partial charge in [-0.25, -0.2) is 0 Å². The average molecular weight is 279 g/mol. The molecule has 3 fully saturated rings. The highest BCUT2D eigenvalue weighted by molar-refractivity contribution is 6.06. The second-order valence-corrected chi connectivity index (χ2v) is 6.59. The number of imide groups is 1. The van der Waals surface area contributed by atoms with Crippen molar-refractivity contribution in [2.24, 2.45) is 11.3 Å². The van der Waals surface area contributed by atoms with Crippen LogP contribution >= 0.6 is 0 Å². The molecule has 2 atom stereocenters. The van der Waals surface area contributed by atoms with Gasteiger partial charge in [-0.3, -0.25) is 19.3 Å². The Morgan fingerprint density at radius 3 is 2.45 bits per heavy atom. The summed E-state index contributed by atoms with van der Waals surface area (Å²) in [5, 5.41) is 9.06. The number of carbonyl (C=O) groups excluding carboxylic acids is 2. The van der Waals surface area contributed by atoms with Crippen molar-refractivity contribution in [1.82, 2.24) is 4.90 Å². The minimum atomic E-state index is -0.807. The summed E-state index contributed by atoms with van der Waals surface area (Å²) in [6.07, 6.45) is 6.84. The molecule has 0 aromatic carbocycles. The number of aliphatic carboxylic acids is 1. The predicted octanol–water partition coefficient (Wildman–Crippen LogP) is 1.95. The molecule has 0 bridgehead atoms. The molecule has 2 amide bonds. The molecule has 1 spiro atoms. The number of rotatable bonds is 2. The molecule has 5 nitrogen and oxygen atoms in total. The topological polar surface area (TPSA) is 74.7 Å². The molecule has 0 aromatic rings. The van der Waals surface area contributed by atoms with Crippen LogP contribution in [0.25, 0.3) is 0 Å². The third-order valence-electron chi connectivity index (χ3n) is 5.36. The maximum Gasteiger partial charge on any atom is 0.306 e. The lowest BCUT2D eigenvalue weighted by molar-refractivity contribution is -0.146. The average Bonchev–Trinajstić information content (AvgIpc) is 2.96. The summed E-state index contributed by atoms with van der Waals surface area (Å²) in [4.78, 5) is 37.5. The van der Waals surface area contributed by atoms with Crippen LogP contribution in [0, 0.1) is 11.3 Å². The first-order valence-electron chi connectivity index (χ1n) is 7.63. The zero-order chi connectivity index (χ0) is 14.3. The molecule has 2 saturated carbocycles. The number of likely N-dealkylation sites (tertiary alicyclic amines) is 1. The molecule has 3 aliphatic rings. The lowest BCUT2D eigenvalue weighted by Crippen LogP contribution is -2.42. The number of carboxylic acids is 1. The van der Waals surface area contributed by atoms with E-state index >= 15 is 0 Å². The Balaban J connectivity index is 1.76. The monoisotopic (exact) mass is 279 g/mol. The fourth-order valence-electron chi connectivity index (χ4n) is 4.22. The van der Waals surface area contributed by atoms with Crippen molar-refractivity contribution in [1.29, 1.82) is 0 Å². The maximum atomic E-state index is 12.7. The standard InChI is InChI=1S/C15H21NO4/c17-12-9-15(6-2-1-3-7-15)14(20)16(12)11-5-4-10(8-11)13(18)19/h10-11H,1-9H2,(H,18,19). The summed E-state index contributed by atoms with van der Waals surface area (Å²) in [6.45, 7) is 0. The van der Waals surface area contributed by atoms with Gasteiger partial charge in [0.15, 0.2) is 0 Å². The number of amides is 2. The highest BCUT2D eigenvalue weighted by atomic mass is 16.4. The molecule has 20 heavy (non-hydrogen) atoms. The Kier molecular flexibility index (Phi) is 3.30. The molecule has 1 N–H and O–H groups in total. The third-order valence-corrected chi connectivity index (χ3v) is 5.36. The van der Waals surface area contributed by atoms with Gasteiger partial charge in [-0.2, -0.15) is 0 Å². The van der Waals surface area contributed by atoms with E-state index in [0.29, 0.717) is 25.7 Å². The van der Waals surface area contributed by atoms with Crippen LogP contribution in [0.5, 0.6) is 0 Å². The van der Waals surface area contributed by atoms with Crippen molar-refractivity contribution in [3.8, 4) is 0 Å². The van der Waals surface area contributed by atoms with E-state index in [1.807, 2.05) is 0 Å². The normalized spacial score (nSPS) is 33.1. The van der Waals surface area contributed by atoms with Crippen LogP contribution in [0.2, 0.25) is 0 Å². The summed E-state index contributed by atoms with van der Waals surface area (Å²) in [5.41, 5.74) is -0.448. The smallest absolute Gasteiger partial charge is 0.306 e. The van der Waals surface area contributed by atoms with Crippen LogP contribution < -0.4 is 0 Å². The van der Waals surface area contributed by atoms with Gasteiger partial charge in [0.1, 0.15) is 0 Å². The number of nitrogens with zero attached hydrogens (tertiary/aromatic N) is 1. The van der Waals surface area contributed by atoms with E-state index in [1.165, 1.54) is 4.90 Å². The summed E-state index contributed by atoms with van der Waals surface area (Å²) in [7, 11) is 0. The van der Waals surface area contributed by atoms with Crippen LogP contribution in [0.1, 0.15) is 57.8 Å². The largest absolute Gasteiger partial charge is 0.481 e. The van der Waals surface area contributed by atoms with Crippen LogP contribution in [0.4, 0.5) is 0 Å². The van der Waals surface area contributed by atoms with Gasteiger partial charge in [-0.1, -0.05) is 19.3 Å². The molecule has 2 aliphatic carbocycles. The summed E-state index contributed by atoms with van der Waals surface area (Å²) in [5.74, 6) is -1.30. The highest BCUT2D eigenvalue weighted by Gasteiger charge is 2.54. The Morgan fingerprint density at radius 2 is 1.85 bits per heavy atom. The molecule has 3 rings (SSSR count). The number of carboxylic acid groups (broad SMARTS) is 1. The van der Waals surface area contributed by atoms with Crippen molar-refractivity contribution in [2.75, 3.05) is 0 Å². The van der Waals surface area contributed by atoms with Crippen molar-refractivity contribution in [2.45, 2.75) is 63.8 Å². The van der Waals surface area contributed by atoms with E-state index in [1.54, 1.807) is 0 Å². The van der Waals surface area contributed by atoms with E-state index < -0.39 is 17.3 Å². The number of hydrogen-bond acceptors (Lipinski definition) is 3. The fraction of sp³-hybridized carbons (Fsp3) is 0.800. The van der Waals surface area contributed by atoms with Crippen molar-refractivity contribution in [3.63, 3.8) is 0 Å². The van der Waals surface area contributed by atoms with E-state index in [4.69, 9.17) is 5.11 Å². The van der Waals surface area contributed by atoms with E-state index in [9.17, 15) is 14.4 Å². The minimum Gasteiger partial charge on any atom is -0.481 e. The minimum absolute atomic E-state index is 0.0155. The third kappa shape index (κ3) is 2.03. The quantitative estimate of drug-likeness (QED) is 0.784. The van der Waals surface area contributed by atoms with Crippen LogP contribution in [-0.4, -0.2) is 33.8 Å². The molecular formula is C15H21NO4. The van der Waals surface area contributed by atoms with E-state index in [0.717, 1.165) is 32.1 Å². The molecule has 110 valence electrons. The Morgan fingerprint density at radius 1 is 1.15 bits per heavy atom. The zero-order valence-corrected chi connectivity index (χ0v) is 11.6. The molecular weight excluding hydrogens is 258 g/mol. The Hall–Kier alpha value is -1.39. The van der Waals surface area contributed by atoms with Gasteiger partial charge in [-0.05, 0) is 32.1 Å². The first kappa shape index (κ1) is 13.6. The molecule has 0 aromatic heterocycles. The lowest BCUT2D eigenvalue weighted by Gasteiger charge is -2.31. The van der Waals surface area contributed by atoms with Crippen molar-refractivity contribution in [3.05, 3.63) is 0 Å². The Bertz CT molecular complexity index is 453. The molecule has 2 unspecified atom stereocenters. The van der Waals surface area contributed by atoms with Gasteiger partial charge in [0.25, 0.3) is 0 Å². The fourth-order valence-corrected chi connectivity index (χ4v) is 4.22. The summed E-state index contributed by atoms with van der Waals surface area (Å²) in [6, 6.07) is -0.183. The lowest BCUT2D eigenvalue weighted by atomic mass is 9.73. The van der Waals surface area contributed by atoms with Gasteiger partial charge in [-0.15, -0.1) is 0 Å². The number of carbonyl (C=O) groups is 3. The van der Waals surface area contributed by atoms with Gasteiger partial charge < -0.3 is 5.11 Å². The summed E-state index contributed by atoms with van der Waals surface area (Å²) >= 11 is 0.